The van der Waals surface area contributed by atoms with E-state index >= 15 is 0 Å². The molecule has 0 aliphatic heterocycles. The minimum Gasteiger partial charge on any atom is -0.424 e. The first-order valence-corrected chi connectivity index (χ1v) is 7.45. The molecule has 4 nitrogen and oxygen atoms in total. The Bertz CT molecular complexity index is 380. The maximum absolute atomic E-state index is 11.8. The highest BCUT2D eigenvalue weighted by Crippen LogP contribution is 2.20. The maximum Gasteiger partial charge on any atom is 0.229 e. The van der Waals surface area contributed by atoms with Crippen molar-refractivity contribution in [1.82, 2.24) is 10.2 Å². The second-order valence-electron chi connectivity index (χ2n) is 5.72. The first kappa shape index (κ1) is 14.4. The van der Waals surface area contributed by atoms with E-state index in [2.05, 4.69) is 24.0 Å². The van der Waals surface area contributed by atoms with E-state index in [0.29, 0.717) is 29.2 Å². The lowest BCUT2D eigenvalue weighted by Crippen LogP contribution is -2.11. The van der Waals surface area contributed by atoms with E-state index in [1.165, 1.54) is 0 Å². The molecule has 0 amide bonds. The van der Waals surface area contributed by atoms with Crippen LogP contribution in [-0.2, 0) is 22.0 Å². The third-order valence-corrected chi connectivity index (χ3v) is 3.58. The lowest BCUT2D eigenvalue weighted by molar-refractivity contribution is 0.378. The van der Waals surface area contributed by atoms with Crippen LogP contribution in [0, 0.1) is 5.92 Å². The maximum atomic E-state index is 11.8. The second-order valence-corrected chi connectivity index (χ2v) is 7.30. The van der Waals surface area contributed by atoms with Gasteiger partial charge in [0.05, 0.1) is 0 Å². The molecule has 1 atom stereocenters. The molecule has 1 unspecified atom stereocenters. The van der Waals surface area contributed by atoms with Gasteiger partial charge in [0.25, 0.3) is 0 Å². The van der Waals surface area contributed by atoms with Crippen LogP contribution in [-0.4, -0.2) is 20.2 Å². The highest BCUT2D eigenvalue weighted by Gasteiger charge is 2.21. The van der Waals surface area contributed by atoms with Crippen LogP contribution in [0.2, 0.25) is 0 Å². The lowest BCUT2D eigenvalue weighted by Gasteiger charge is -2.10. The zero-order chi connectivity index (χ0) is 13.1. The van der Waals surface area contributed by atoms with Crippen molar-refractivity contribution in [1.29, 1.82) is 0 Å². The first-order valence-electron chi connectivity index (χ1n) is 5.97. The van der Waals surface area contributed by atoms with Crippen LogP contribution in [0.4, 0.5) is 0 Å². The van der Waals surface area contributed by atoms with Gasteiger partial charge in [-0.05, 0) is 12.3 Å². The zero-order valence-corrected chi connectivity index (χ0v) is 12.1. The van der Waals surface area contributed by atoms with Crippen molar-refractivity contribution in [3.05, 3.63) is 11.8 Å². The third-order valence-electron chi connectivity index (χ3n) is 2.32. The van der Waals surface area contributed by atoms with Crippen molar-refractivity contribution in [3.8, 4) is 0 Å². The summed E-state index contributed by atoms with van der Waals surface area (Å²) in [5.74, 6) is 2.73. The Morgan fingerprint density at radius 1 is 1.29 bits per heavy atom. The largest absolute Gasteiger partial charge is 0.424 e. The third kappa shape index (κ3) is 4.98. The fraction of sp³-hybridized carbons (Fsp3) is 0.833. The predicted molar refractivity (Wildman–Crippen MR) is 69.2 cm³/mol. The van der Waals surface area contributed by atoms with Gasteiger partial charge in [0.1, 0.15) is 5.75 Å². The van der Waals surface area contributed by atoms with E-state index in [4.69, 9.17) is 4.42 Å². The molecule has 0 bridgehead atoms. The topological polar surface area (TPSA) is 56.0 Å². The van der Waals surface area contributed by atoms with Crippen LogP contribution in [0.15, 0.2) is 4.42 Å². The summed E-state index contributed by atoms with van der Waals surface area (Å²) in [5, 5.41) is 7.92. The van der Waals surface area contributed by atoms with Gasteiger partial charge in [0.2, 0.25) is 11.8 Å². The minimum absolute atomic E-state index is 0.148. The van der Waals surface area contributed by atoms with Gasteiger partial charge in [-0.1, -0.05) is 34.6 Å². The van der Waals surface area contributed by atoms with Gasteiger partial charge in [-0.25, -0.2) is 0 Å². The molecular weight excluding hydrogens is 236 g/mol. The standard InChI is InChI=1S/C12H22N2O2S/c1-9(2)6-7-17(15)8-10-13-14-11(16-10)12(3,4)5/h9H,6-8H2,1-5H3. The van der Waals surface area contributed by atoms with Gasteiger partial charge in [0.15, 0.2) is 0 Å². The Labute approximate surface area is 106 Å². The van der Waals surface area contributed by atoms with Crippen molar-refractivity contribution < 1.29 is 8.63 Å². The van der Waals surface area contributed by atoms with Gasteiger partial charge in [-0.3, -0.25) is 4.21 Å². The smallest absolute Gasteiger partial charge is 0.229 e. The summed E-state index contributed by atoms with van der Waals surface area (Å²) in [6.45, 7) is 10.3. The molecule has 17 heavy (non-hydrogen) atoms. The number of aromatic nitrogens is 2. The average molecular weight is 258 g/mol. The molecule has 0 aliphatic rings. The van der Waals surface area contributed by atoms with Crippen LogP contribution in [0.1, 0.15) is 52.8 Å². The first-order chi connectivity index (χ1) is 7.79. The predicted octanol–water partition coefficient (Wildman–Crippen LogP) is 2.66. The van der Waals surface area contributed by atoms with E-state index in [1.807, 2.05) is 20.8 Å². The average Bonchev–Trinajstić information content (AvgIpc) is 2.62. The monoisotopic (exact) mass is 258 g/mol. The molecular formula is C12H22N2O2S. The summed E-state index contributed by atoms with van der Waals surface area (Å²) in [6.07, 6.45) is 0.965. The molecule has 0 N–H and O–H groups in total. The molecule has 0 spiro atoms. The van der Waals surface area contributed by atoms with E-state index in [9.17, 15) is 4.21 Å². The van der Waals surface area contributed by atoms with Crippen molar-refractivity contribution in [2.75, 3.05) is 5.75 Å². The molecule has 5 heteroatoms. The molecule has 0 radical (unpaired) electrons. The Hall–Kier alpha value is -0.710. The molecule has 0 saturated heterocycles. The molecule has 0 aromatic carbocycles. The van der Waals surface area contributed by atoms with Gasteiger partial charge >= 0.3 is 0 Å². The summed E-state index contributed by atoms with van der Waals surface area (Å²) >= 11 is 0. The highest BCUT2D eigenvalue weighted by molar-refractivity contribution is 7.84. The molecule has 0 saturated carbocycles. The van der Waals surface area contributed by atoms with Crippen LogP contribution in [0.5, 0.6) is 0 Å². The quantitative estimate of drug-likeness (QED) is 0.814. The molecule has 1 rings (SSSR count). The number of hydrogen-bond donors (Lipinski definition) is 0. The zero-order valence-electron chi connectivity index (χ0n) is 11.3. The van der Waals surface area contributed by atoms with Crippen LogP contribution >= 0.6 is 0 Å². The molecule has 98 valence electrons. The van der Waals surface area contributed by atoms with Crippen LogP contribution < -0.4 is 0 Å². The van der Waals surface area contributed by atoms with E-state index < -0.39 is 10.8 Å². The van der Waals surface area contributed by atoms with E-state index in [1.54, 1.807) is 0 Å². The highest BCUT2D eigenvalue weighted by atomic mass is 32.2. The van der Waals surface area contributed by atoms with Crippen LogP contribution in [0.25, 0.3) is 0 Å². The molecule has 0 aliphatic carbocycles. The van der Waals surface area contributed by atoms with Crippen LogP contribution in [0.3, 0.4) is 0 Å². The van der Waals surface area contributed by atoms with E-state index in [0.717, 1.165) is 6.42 Å². The van der Waals surface area contributed by atoms with Crippen molar-refractivity contribution in [3.63, 3.8) is 0 Å². The SMILES string of the molecule is CC(C)CCS(=O)Cc1nnc(C(C)(C)C)o1. The number of rotatable bonds is 5. The minimum atomic E-state index is -0.901. The van der Waals surface area contributed by atoms with Gasteiger partial charge in [0, 0.05) is 22.0 Å². The lowest BCUT2D eigenvalue weighted by atomic mass is 9.97. The summed E-state index contributed by atoms with van der Waals surface area (Å²) in [4.78, 5) is 0. The molecule has 1 heterocycles. The second kappa shape index (κ2) is 5.76. The summed E-state index contributed by atoms with van der Waals surface area (Å²) < 4.78 is 17.3. The van der Waals surface area contributed by atoms with Crippen molar-refractivity contribution in [2.45, 2.75) is 52.2 Å². The van der Waals surface area contributed by atoms with Gasteiger partial charge < -0.3 is 4.42 Å². The molecule has 0 fully saturated rings. The van der Waals surface area contributed by atoms with E-state index in [-0.39, 0.29) is 5.41 Å². The fourth-order valence-corrected chi connectivity index (χ4v) is 2.46. The number of hydrogen-bond acceptors (Lipinski definition) is 4. The summed E-state index contributed by atoms with van der Waals surface area (Å²) in [6, 6.07) is 0. The molecule has 1 aromatic rings. The Balaban J connectivity index is 2.52. The van der Waals surface area contributed by atoms with Gasteiger partial charge in [-0.15, -0.1) is 10.2 Å². The fourth-order valence-electron chi connectivity index (χ4n) is 1.19. The number of nitrogens with zero attached hydrogens (tertiary/aromatic N) is 2. The Morgan fingerprint density at radius 2 is 1.94 bits per heavy atom. The summed E-state index contributed by atoms with van der Waals surface area (Å²) in [7, 11) is -0.901. The normalized spacial score (nSPS) is 14.2. The Morgan fingerprint density at radius 3 is 2.41 bits per heavy atom. The van der Waals surface area contributed by atoms with Crippen molar-refractivity contribution in [2.24, 2.45) is 5.92 Å². The molecule has 1 aromatic heterocycles. The Kier molecular flexibility index (Phi) is 4.86. The summed E-state index contributed by atoms with van der Waals surface area (Å²) in [5.41, 5.74) is -0.148. The van der Waals surface area contributed by atoms with Crippen molar-refractivity contribution >= 4 is 10.8 Å². The van der Waals surface area contributed by atoms with Gasteiger partial charge in [-0.2, -0.15) is 0 Å².